The molecule has 14 heavy (non-hydrogen) atoms. The van der Waals surface area contributed by atoms with Gasteiger partial charge in [0.05, 0.1) is 7.11 Å². The van der Waals surface area contributed by atoms with Crippen LogP contribution in [-0.2, 0) is 0 Å². The van der Waals surface area contributed by atoms with Crippen LogP contribution in [0.25, 0.3) is 0 Å². The van der Waals surface area contributed by atoms with Gasteiger partial charge in [0.25, 0.3) is 0 Å². The number of hydrogen-bond donors (Lipinski definition) is 1. The Hall–Kier alpha value is -1.22. The largest absolute Gasteiger partial charge is 0.497 e. The van der Waals surface area contributed by atoms with E-state index in [-0.39, 0.29) is 0 Å². The predicted octanol–water partition coefficient (Wildman–Crippen LogP) is 1.90. The molecule has 1 N–H and O–H groups in total. The molecule has 1 aromatic carbocycles. The van der Waals surface area contributed by atoms with Gasteiger partial charge in [0.1, 0.15) is 11.5 Å². The molecule has 0 spiro atoms. The summed E-state index contributed by atoms with van der Waals surface area (Å²) in [6, 6.07) is 5.72. The zero-order valence-electron chi connectivity index (χ0n) is 8.36. The minimum Gasteiger partial charge on any atom is -0.497 e. The fourth-order valence-corrected chi connectivity index (χ4v) is 1.77. The van der Waals surface area contributed by atoms with E-state index in [2.05, 4.69) is 6.92 Å². The van der Waals surface area contributed by atoms with Crippen molar-refractivity contribution in [1.29, 1.82) is 0 Å². The zero-order valence-corrected chi connectivity index (χ0v) is 8.36. The molecule has 0 aromatic heterocycles. The molecule has 0 fully saturated rings. The first-order valence-electron chi connectivity index (χ1n) is 4.73. The number of ether oxygens (including phenoxy) is 2. The van der Waals surface area contributed by atoms with Crippen molar-refractivity contribution in [1.82, 2.24) is 0 Å². The summed E-state index contributed by atoms with van der Waals surface area (Å²) < 4.78 is 10.4. The van der Waals surface area contributed by atoms with Crippen LogP contribution in [0.4, 0.5) is 0 Å². The van der Waals surface area contributed by atoms with E-state index in [1.807, 2.05) is 18.2 Å². The summed E-state index contributed by atoms with van der Waals surface area (Å²) >= 11 is 0. The SMILES string of the molecule is COc1ccc2c(c1)OC(O)C[C@@H]2C. The van der Waals surface area contributed by atoms with Crippen molar-refractivity contribution >= 4 is 0 Å². The normalized spacial score (nSPS) is 25.1. The van der Waals surface area contributed by atoms with Crippen molar-refractivity contribution in [2.75, 3.05) is 7.11 Å². The van der Waals surface area contributed by atoms with E-state index >= 15 is 0 Å². The monoisotopic (exact) mass is 194 g/mol. The predicted molar refractivity (Wildman–Crippen MR) is 52.7 cm³/mol. The average Bonchev–Trinajstić information content (AvgIpc) is 2.16. The first kappa shape index (κ1) is 9.34. The third kappa shape index (κ3) is 1.55. The summed E-state index contributed by atoms with van der Waals surface area (Å²) in [6.45, 7) is 2.08. The lowest BCUT2D eigenvalue weighted by Gasteiger charge is -2.27. The highest BCUT2D eigenvalue weighted by molar-refractivity contribution is 5.43. The molecule has 0 aliphatic carbocycles. The molecule has 1 aliphatic rings. The van der Waals surface area contributed by atoms with Crippen LogP contribution in [0.15, 0.2) is 18.2 Å². The van der Waals surface area contributed by atoms with E-state index in [9.17, 15) is 5.11 Å². The molecule has 1 heterocycles. The standard InChI is InChI=1S/C11H14O3/c1-7-5-11(12)14-10-6-8(13-2)3-4-9(7)10/h3-4,6-7,11-12H,5H2,1-2H3/t7-,11?/m0/s1. The molecule has 1 unspecified atom stereocenters. The summed E-state index contributed by atoms with van der Waals surface area (Å²) in [7, 11) is 1.62. The second kappa shape index (κ2) is 3.50. The van der Waals surface area contributed by atoms with Gasteiger partial charge in [-0.2, -0.15) is 0 Å². The molecule has 0 amide bonds. The molecule has 2 atom stereocenters. The summed E-state index contributed by atoms with van der Waals surface area (Å²) in [5, 5.41) is 9.43. The Morgan fingerprint density at radius 3 is 3.00 bits per heavy atom. The molecule has 3 nitrogen and oxygen atoms in total. The third-order valence-corrected chi connectivity index (χ3v) is 2.57. The molecule has 1 aliphatic heterocycles. The van der Waals surface area contributed by atoms with Crippen molar-refractivity contribution in [2.45, 2.75) is 25.6 Å². The van der Waals surface area contributed by atoms with Crippen LogP contribution < -0.4 is 9.47 Å². The number of aliphatic hydroxyl groups excluding tert-OH is 1. The third-order valence-electron chi connectivity index (χ3n) is 2.57. The van der Waals surface area contributed by atoms with Crippen molar-refractivity contribution in [3.8, 4) is 11.5 Å². The minimum absolute atomic E-state index is 0.333. The first-order valence-corrected chi connectivity index (χ1v) is 4.73. The van der Waals surface area contributed by atoms with Gasteiger partial charge in [0.2, 0.25) is 0 Å². The van der Waals surface area contributed by atoms with Gasteiger partial charge in [0, 0.05) is 12.5 Å². The first-order chi connectivity index (χ1) is 6.70. The molecule has 3 heteroatoms. The number of methoxy groups -OCH3 is 1. The molecule has 2 rings (SSSR count). The lowest BCUT2D eigenvalue weighted by atomic mass is 9.94. The maximum Gasteiger partial charge on any atom is 0.197 e. The Labute approximate surface area is 83.3 Å². The van der Waals surface area contributed by atoms with E-state index < -0.39 is 6.29 Å². The fourth-order valence-electron chi connectivity index (χ4n) is 1.77. The zero-order chi connectivity index (χ0) is 10.1. The van der Waals surface area contributed by atoms with Crippen molar-refractivity contribution in [2.24, 2.45) is 0 Å². The van der Waals surface area contributed by atoms with Crippen LogP contribution in [0.3, 0.4) is 0 Å². The van der Waals surface area contributed by atoms with Gasteiger partial charge in [-0.15, -0.1) is 0 Å². The fraction of sp³-hybridized carbons (Fsp3) is 0.455. The maximum atomic E-state index is 9.43. The van der Waals surface area contributed by atoms with E-state index in [1.165, 1.54) is 0 Å². The van der Waals surface area contributed by atoms with Gasteiger partial charge in [-0.3, -0.25) is 0 Å². The Morgan fingerprint density at radius 1 is 1.50 bits per heavy atom. The molecular weight excluding hydrogens is 180 g/mol. The van der Waals surface area contributed by atoms with Gasteiger partial charge in [-0.25, -0.2) is 0 Å². The Balaban J connectivity index is 2.39. The van der Waals surface area contributed by atoms with Crippen LogP contribution in [0, 0.1) is 0 Å². The van der Waals surface area contributed by atoms with Gasteiger partial charge < -0.3 is 14.6 Å². The summed E-state index contributed by atoms with van der Waals surface area (Å²) in [6.07, 6.45) is -0.0381. The number of aliphatic hydroxyl groups is 1. The molecule has 0 saturated heterocycles. The highest BCUT2D eigenvalue weighted by atomic mass is 16.6. The topological polar surface area (TPSA) is 38.7 Å². The Kier molecular flexibility index (Phi) is 2.33. The number of benzene rings is 1. The second-order valence-electron chi connectivity index (χ2n) is 3.61. The van der Waals surface area contributed by atoms with Gasteiger partial charge in [-0.05, 0) is 17.5 Å². The second-order valence-corrected chi connectivity index (χ2v) is 3.61. The molecular formula is C11H14O3. The summed E-state index contributed by atoms with van der Waals surface area (Å²) in [5.74, 6) is 1.82. The quantitative estimate of drug-likeness (QED) is 0.742. The highest BCUT2D eigenvalue weighted by Crippen LogP contribution is 2.37. The lowest BCUT2D eigenvalue weighted by molar-refractivity contribution is -0.0376. The summed E-state index contributed by atoms with van der Waals surface area (Å²) in [5.41, 5.74) is 1.14. The van der Waals surface area contributed by atoms with Crippen LogP contribution in [0.1, 0.15) is 24.8 Å². The van der Waals surface area contributed by atoms with Crippen molar-refractivity contribution in [3.05, 3.63) is 23.8 Å². The van der Waals surface area contributed by atoms with Crippen LogP contribution in [0.5, 0.6) is 11.5 Å². The van der Waals surface area contributed by atoms with Crippen molar-refractivity contribution in [3.63, 3.8) is 0 Å². The lowest BCUT2D eigenvalue weighted by Crippen LogP contribution is -2.23. The maximum absolute atomic E-state index is 9.43. The van der Waals surface area contributed by atoms with Crippen molar-refractivity contribution < 1.29 is 14.6 Å². The van der Waals surface area contributed by atoms with Crippen LogP contribution >= 0.6 is 0 Å². The van der Waals surface area contributed by atoms with Gasteiger partial charge >= 0.3 is 0 Å². The smallest absolute Gasteiger partial charge is 0.197 e. The number of hydrogen-bond acceptors (Lipinski definition) is 3. The van der Waals surface area contributed by atoms with E-state index in [0.717, 1.165) is 17.1 Å². The number of fused-ring (bicyclic) bond motifs is 1. The Bertz CT molecular complexity index is 335. The molecule has 0 radical (unpaired) electrons. The minimum atomic E-state index is -0.690. The molecule has 76 valence electrons. The Morgan fingerprint density at radius 2 is 2.29 bits per heavy atom. The highest BCUT2D eigenvalue weighted by Gasteiger charge is 2.23. The molecule has 0 saturated carbocycles. The van der Waals surface area contributed by atoms with E-state index in [1.54, 1.807) is 7.11 Å². The van der Waals surface area contributed by atoms with Gasteiger partial charge in [0.15, 0.2) is 6.29 Å². The van der Waals surface area contributed by atoms with E-state index in [0.29, 0.717) is 12.3 Å². The average molecular weight is 194 g/mol. The molecule has 1 aromatic rings. The van der Waals surface area contributed by atoms with Crippen LogP contribution in [0.2, 0.25) is 0 Å². The van der Waals surface area contributed by atoms with Crippen LogP contribution in [-0.4, -0.2) is 18.5 Å². The van der Waals surface area contributed by atoms with E-state index in [4.69, 9.17) is 9.47 Å². The van der Waals surface area contributed by atoms with Gasteiger partial charge in [-0.1, -0.05) is 13.0 Å². The summed E-state index contributed by atoms with van der Waals surface area (Å²) in [4.78, 5) is 0. The number of rotatable bonds is 1. The molecule has 0 bridgehead atoms.